The fourth-order valence-electron chi connectivity index (χ4n) is 0.713. The Hall–Kier alpha value is -1.20. The number of hydrogen-bond acceptors (Lipinski definition) is 2. The summed E-state index contributed by atoms with van der Waals surface area (Å²) in [6.45, 7) is 2.33. The van der Waals surface area contributed by atoms with Gasteiger partial charge in [-0.2, -0.15) is 0 Å². The van der Waals surface area contributed by atoms with E-state index < -0.39 is 0 Å². The highest BCUT2D eigenvalue weighted by molar-refractivity contribution is 5.26. The van der Waals surface area contributed by atoms with E-state index in [9.17, 15) is 0 Å². The van der Waals surface area contributed by atoms with Crippen LogP contribution in [0.3, 0.4) is 0 Å². The number of hydrogen-bond donors (Lipinski definition) is 2. The minimum Gasteiger partial charge on any atom is -0.399 e. The zero-order valence-corrected chi connectivity index (χ0v) is 6.80. The standard InChI is InChI=1S/C9H14N2/c1-3-5-8(7-10)9(11)6-4-2/h1,4,6H,5,7,10-11H2,2H3/b6-4-,9-8-. The van der Waals surface area contributed by atoms with Gasteiger partial charge in [0.25, 0.3) is 0 Å². The molecule has 0 aromatic carbocycles. The van der Waals surface area contributed by atoms with E-state index in [0.29, 0.717) is 18.7 Å². The van der Waals surface area contributed by atoms with Crippen molar-refractivity contribution in [2.24, 2.45) is 11.5 Å². The predicted octanol–water partition coefficient (Wildman–Crippen LogP) is 0.757. The van der Waals surface area contributed by atoms with Crippen LogP contribution < -0.4 is 11.5 Å². The van der Waals surface area contributed by atoms with Gasteiger partial charge in [0.15, 0.2) is 0 Å². The van der Waals surface area contributed by atoms with Crippen molar-refractivity contribution in [2.45, 2.75) is 13.3 Å². The Kier molecular flexibility index (Phi) is 4.97. The molecule has 4 N–H and O–H groups in total. The van der Waals surface area contributed by atoms with Crippen LogP contribution in [-0.4, -0.2) is 6.54 Å². The normalized spacial score (nSPS) is 12.8. The van der Waals surface area contributed by atoms with E-state index in [1.807, 2.05) is 13.0 Å². The van der Waals surface area contributed by atoms with E-state index in [4.69, 9.17) is 17.9 Å². The van der Waals surface area contributed by atoms with Crippen molar-refractivity contribution in [1.29, 1.82) is 0 Å². The zero-order chi connectivity index (χ0) is 8.69. The van der Waals surface area contributed by atoms with Gasteiger partial charge in [0, 0.05) is 18.7 Å². The first-order chi connectivity index (χ1) is 5.26. The average molecular weight is 150 g/mol. The Morgan fingerprint density at radius 2 is 2.27 bits per heavy atom. The van der Waals surface area contributed by atoms with Crippen molar-refractivity contribution in [2.75, 3.05) is 6.54 Å². The molecule has 0 saturated heterocycles. The lowest BCUT2D eigenvalue weighted by atomic mass is 10.1. The molecule has 0 atom stereocenters. The lowest BCUT2D eigenvalue weighted by molar-refractivity contribution is 1.05. The Morgan fingerprint density at radius 3 is 2.64 bits per heavy atom. The molecule has 0 aromatic heterocycles. The number of allylic oxidation sites excluding steroid dienone is 2. The van der Waals surface area contributed by atoms with E-state index in [-0.39, 0.29) is 0 Å². The smallest absolute Gasteiger partial charge is 0.0332 e. The molecule has 0 unspecified atom stereocenters. The van der Waals surface area contributed by atoms with Crippen molar-refractivity contribution >= 4 is 0 Å². The fraction of sp³-hybridized carbons (Fsp3) is 0.333. The highest BCUT2D eigenvalue weighted by atomic mass is 14.6. The fourth-order valence-corrected chi connectivity index (χ4v) is 0.713. The van der Waals surface area contributed by atoms with Crippen LogP contribution in [0, 0.1) is 12.3 Å². The van der Waals surface area contributed by atoms with Gasteiger partial charge in [-0.3, -0.25) is 0 Å². The lowest BCUT2D eigenvalue weighted by Gasteiger charge is -2.01. The Morgan fingerprint density at radius 1 is 1.64 bits per heavy atom. The van der Waals surface area contributed by atoms with Gasteiger partial charge in [0.1, 0.15) is 0 Å². The van der Waals surface area contributed by atoms with Crippen LogP contribution in [0.25, 0.3) is 0 Å². The predicted molar refractivity (Wildman–Crippen MR) is 48.5 cm³/mol. The Labute approximate surface area is 68.0 Å². The quantitative estimate of drug-likeness (QED) is 0.461. The van der Waals surface area contributed by atoms with E-state index in [1.54, 1.807) is 6.08 Å². The van der Waals surface area contributed by atoms with Crippen LogP contribution in [0.2, 0.25) is 0 Å². The maximum absolute atomic E-state index is 5.64. The topological polar surface area (TPSA) is 52.0 Å². The zero-order valence-electron chi connectivity index (χ0n) is 6.80. The van der Waals surface area contributed by atoms with Crippen LogP contribution >= 0.6 is 0 Å². The van der Waals surface area contributed by atoms with E-state index in [0.717, 1.165) is 5.57 Å². The van der Waals surface area contributed by atoms with Gasteiger partial charge in [-0.15, -0.1) is 12.3 Å². The third-order valence-electron chi connectivity index (χ3n) is 1.32. The third-order valence-corrected chi connectivity index (χ3v) is 1.32. The molecule has 2 nitrogen and oxygen atoms in total. The molecule has 11 heavy (non-hydrogen) atoms. The lowest BCUT2D eigenvalue weighted by Crippen LogP contribution is -2.09. The van der Waals surface area contributed by atoms with Crippen LogP contribution in [0.1, 0.15) is 13.3 Å². The summed E-state index contributed by atoms with van der Waals surface area (Å²) in [6, 6.07) is 0. The van der Waals surface area contributed by atoms with Gasteiger partial charge < -0.3 is 11.5 Å². The van der Waals surface area contributed by atoms with E-state index in [1.165, 1.54) is 0 Å². The Bertz CT molecular complexity index is 206. The molecule has 0 aliphatic rings. The van der Waals surface area contributed by atoms with Gasteiger partial charge in [-0.25, -0.2) is 0 Å². The molecule has 0 aliphatic heterocycles. The molecule has 0 radical (unpaired) electrons. The summed E-state index contributed by atoms with van der Waals surface area (Å²) >= 11 is 0. The molecule has 0 fully saturated rings. The second kappa shape index (κ2) is 5.57. The molecule has 0 spiro atoms. The molecule has 0 amide bonds. The first kappa shape index (κ1) is 9.80. The minimum absolute atomic E-state index is 0.431. The molecule has 0 saturated carbocycles. The maximum atomic E-state index is 5.64. The largest absolute Gasteiger partial charge is 0.399 e. The van der Waals surface area contributed by atoms with Crippen LogP contribution in [0.15, 0.2) is 23.4 Å². The van der Waals surface area contributed by atoms with Crippen LogP contribution in [-0.2, 0) is 0 Å². The van der Waals surface area contributed by atoms with Crippen molar-refractivity contribution in [1.82, 2.24) is 0 Å². The van der Waals surface area contributed by atoms with E-state index in [2.05, 4.69) is 5.92 Å². The molecule has 0 bridgehead atoms. The van der Waals surface area contributed by atoms with Gasteiger partial charge in [0.05, 0.1) is 0 Å². The molecule has 60 valence electrons. The second-order valence-electron chi connectivity index (χ2n) is 2.14. The van der Waals surface area contributed by atoms with Gasteiger partial charge >= 0.3 is 0 Å². The number of rotatable bonds is 3. The minimum atomic E-state index is 0.431. The number of terminal acetylenes is 1. The summed E-state index contributed by atoms with van der Waals surface area (Å²) in [7, 11) is 0. The van der Waals surface area contributed by atoms with Gasteiger partial charge in [-0.1, -0.05) is 6.08 Å². The maximum Gasteiger partial charge on any atom is 0.0332 e. The van der Waals surface area contributed by atoms with Gasteiger partial charge in [-0.05, 0) is 18.6 Å². The highest BCUT2D eigenvalue weighted by Gasteiger charge is 1.95. The summed E-state index contributed by atoms with van der Waals surface area (Å²) < 4.78 is 0. The summed E-state index contributed by atoms with van der Waals surface area (Å²) in [6.07, 6.45) is 9.32. The number of nitrogens with two attached hydrogens (primary N) is 2. The molecule has 2 heteroatoms. The van der Waals surface area contributed by atoms with Crippen molar-refractivity contribution in [3.8, 4) is 12.3 Å². The van der Waals surface area contributed by atoms with Gasteiger partial charge in [0.2, 0.25) is 0 Å². The summed E-state index contributed by atoms with van der Waals surface area (Å²) in [5.74, 6) is 2.51. The van der Waals surface area contributed by atoms with Crippen molar-refractivity contribution in [3.63, 3.8) is 0 Å². The van der Waals surface area contributed by atoms with Crippen LogP contribution in [0.4, 0.5) is 0 Å². The molecular weight excluding hydrogens is 136 g/mol. The molecule has 0 rings (SSSR count). The molecular formula is C9H14N2. The van der Waals surface area contributed by atoms with Crippen LogP contribution in [0.5, 0.6) is 0 Å². The third kappa shape index (κ3) is 3.49. The SMILES string of the molecule is C#CC/C(CN)=C(N)\C=C/C. The Balaban J connectivity index is 4.42. The molecule has 0 aromatic rings. The molecule has 0 aliphatic carbocycles. The molecule has 0 heterocycles. The summed E-state index contributed by atoms with van der Waals surface area (Å²) in [5, 5.41) is 0. The van der Waals surface area contributed by atoms with Crippen molar-refractivity contribution < 1.29 is 0 Å². The van der Waals surface area contributed by atoms with Crippen molar-refractivity contribution in [3.05, 3.63) is 23.4 Å². The first-order valence-corrected chi connectivity index (χ1v) is 3.50. The van der Waals surface area contributed by atoms with E-state index >= 15 is 0 Å². The summed E-state index contributed by atoms with van der Waals surface area (Å²) in [4.78, 5) is 0. The highest BCUT2D eigenvalue weighted by Crippen LogP contribution is 2.02. The first-order valence-electron chi connectivity index (χ1n) is 3.50. The second-order valence-corrected chi connectivity index (χ2v) is 2.14. The average Bonchev–Trinajstić information content (AvgIpc) is 2.00. The summed E-state index contributed by atoms with van der Waals surface area (Å²) in [5.41, 5.74) is 12.7. The monoisotopic (exact) mass is 150 g/mol.